The van der Waals surface area contributed by atoms with Crippen LogP contribution in [0.2, 0.25) is 5.02 Å². The topological polar surface area (TPSA) is 120 Å². The molecule has 2 heterocycles. The highest BCUT2D eigenvalue weighted by Crippen LogP contribution is 2.21. The van der Waals surface area contributed by atoms with Crippen LogP contribution in [0.4, 0.5) is 0 Å². The summed E-state index contributed by atoms with van der Waals surface area (Å²) in [5.41, 5.74) is 0.133. The molecule has 3 rings (SSSR count). The van der Waals surface area contributed by atoms with Crippen molar-refractivity contribution < 1.29 is 13.2 Å². The predicted molar refractivity (Wildman–Crippen MR) is 102 cm³/mol. The predicted octanol–water partition coefficient (Wildman–Crippen LogP) is 2.00. The third kappa shape index (κ3) is 4.18. The van der Waals surface area contributed by atoms with Crippen LogP contribution in [-0.2, 0) is 9.84 Å². The standard InChI is InChI=1S/C17H17ClN6O3S/c1-3-28(26,27)14-8-12(7-13(18)9-14)16(25)23-11(2)15-21-10-22-24(15)17-19-5-4-6-20-17/h4-11H,3H2,1-2H3,(H,23,25)/t11-/m1/s1. The molecule has 0 saturated heterocycles. The summed E-state index contributed by atoms with van der Waals surface area (Å²) in [5.74, 6) is 0.148. The Morgan fingerprint density at radius 2 is 1.93 bits per heavy atom. The van der Waals surface area contributed by atoms with Crippen molar-refractivity contribution in [2.24, 2.45) is 0 Å². The van der Waals surface area contributed by atoms with Crippen LogP contribution >= 0.6 is 11.6 Å². The summed E-state index contributed by atoms with van der Waals surface area (Å²) in [6.45, 7) is 3.24. The average molecular weight is 421 g/mol. The van der Waals surface area contributed by atoms with E-state index in [0.29, 0.717) is 11.8 Å². The molecule has 11 heteroatoms. The molecule has 0 radical (unpaired) electrons. The van der Waals surface area contributed by atoms with Crippen LogP contribution in [0, 0.1) is 0 Å². The minimum atomic E-state index is -3.50. The van der Waals surface area contributed by atoms with Gasteiger partial charge in [0.15, 0.2) is 15.7 Å². The zero-order chi connectivity index (χ0) is 20.3. The first-order valence-electron chi connectivity index (χ1n) is 8.33. The van der Waals surface area contributed by atoms with Crippen LogP contribution < -0.4 is 5.32 Å². The van der Waals surface area contributed by atoms with Crippen molar-refractivity contribution in [3.8, 4) is 5.95 Å². The van der Waals surface area contributed by atoms with Gasteiger partial charge in [-0.2, -0.15) is 9.78 Å². The van der Waals surface area contributed by atoms with Crippen LogP contribution in [0.3, 0.4) is 0 Å². The number of rotatable bonds is 6. The number of aromatic nitrogens is 5. The third-order valence-corrected chi connectivity index (χ3v) is 5.86. The van der Waals surface area contributed by atoms with Gasteiger partial charge in [0.25, 0.3) is 11.9 Å². The molecule has 2 aromatic heterocycles. The second-order valence-electron chi connectivity index (χ2n) is 5.85. The lowest BCUT2D eigenvalue weighted by Gasteiger charge is -2.14. The fourth-order valence-corrected chi connectivity index (χ4v) is 3.73. The molecule has 0 aliphatic carbocycles. The molecule has 0 fully saturated rings. The molecule has 3 aromatic rings. The highest BCUT2D eigenvalue weighted by Gasteiger charge is 2.21. The SMILES string of the molecule is CCS(=O)(=O)c1cc(Cl)cc(C(=O)N[C@H](C)c2ncnn2-c2ncccn2)c1. The Hall–Kier alpha value is -2.85. The van der Waals surface area contributed by atoms with Gasteiger partial charge in [-0.15, -0.1) is 0 Å². The largest absolute Gasteiger partial charge is 0.342 e. The van der Waals surface area contributed by atoms with E-state index in [4.69, 9.17) is 11.6 Å². The number of nitrogens with one attached hydrogen (secondary N) is 1. The van der Waals surface area contributed by atoms with Crippen molar-refractivity contribution in [3.63, 3.8) is 0 Å². The van der Waals surface area contributed by atoms with Crippen LogP contribution in [0.1, 0.15) is 36.1 Å². The number of amides is 1. The summed E-state index contributed by atoms with van der Waals surface area (Å²) in [6, 6.07) is 5.15. The third-order valence-electron chi connectivity index (χ3n) is 3.92. The number of hydrogen-bond donors (Lipinski definition) is 1. The molecular formula is C17H17ClN6O3S. The molecule has 0 spiro atoms. The van der Waals surface area contributed by atoms with Gasteiger partial charge in [0, 0.05) is 23.0 Å². The molecular weight excluding hydrogens is 404 g/mol. The van der Waals surface area contributed by atoms with Crippen molar-refractivity contribution in [3.05, 3.63) is 59.4 Å². The normalized spacial score (nSPS) is 12.5. The highest BCUT2D eigenvalue weighted by molar-refractivity contribution is 7.91. The van der Waals surface area contributed by atoms with Crippen molar-refractivity contribution in [2.45, 2.75) is 24.8 Å². The second-order valence-corrected chi connectivity index (χ2v) is 8.57. The van der Waals surface area contributed by atoms with Gasteiger partial charge < -0.3 is 5.32 Å². The maximum atomic E-state index is 12.7. The number of carbonyl (C=O) groups excluding carboxylic acids is 1. The lowest BCUT2D eigenvalue weighted by atomic mass is 10.2. The first kappa shape index (κ1) is 19.9. The number of sulfone groups is 1. The van der Waals surface area contributed by atoms with Gasteiger partial charge in [-0.3, -0.25) is 4.79 Å². The van der Waals surface area contributed by atoms with Gasteiger partial charge in [-0.25, -0.2) is 23.4 Å². The lowest BCUT2D eigenvalue weighted by Crippen LogP contribution is -2.29. The van der Waals surface area contributed by atoms with Crippen molar-refractivity contribution in [2.75, 3.05) is 5.75 Å². The fourth-order valence-electron chi connectivity index (χ4n) is 2.48. The van der Waals surface area contributed by atoms with Crippen LogP contribution in [0.5, 0.6) is 0 Å². The second kappa shape index (κ2) is 8.03. The molecule has 9 nitrogen and oxygen atoms in total. The lowest BCUT2D eigenvalue weighted by molar-refractivity contribution is 0.0937. The zero-order valence-electron chi connectivity index (χ0n) is 15.1. The minimum Gasteiger partial charge on any atom is -0.342 e. The quantitative estimate of drug-likeness (QED) is 0.647. The Bertz CT molecular complexity index is 1100. The van der Waals surface area contributed by atoms with Gasteiger partial charge in [0.05, 0.1) is 16.7 Å². The summed E-state index contributed by atoms with van der Waals surface area (Å²) < 4.78 is 25.6. The molecule has 0 bridgehead atoms. The summed E-state index contributed by atoms with van der Waals surface area (Å²) in [6.07, 6.45) is 4.47. The molecule has 1 N–H and O–H groups in total. The van der Waals surface area contributed by atoms with E-state index in [2.05, 4.69) is 25.4 Å². The number of hydrogen-bond acceptors (Lipinski definition) is 7. The Labute approximate surface area is 166 Å². The van der Waals surface area contributed by atoms with E-state index in [9.17, 15) is 13.2 Å². The first-order valence-corrected chi connectivity index (χ1v) is 10.4. The van der Waals surface area contributed by atoms with Gasteiger partial charge in [-0.05, 0) is 31.2 Å². The highest BCUT2D eigenvalue weighted by atomic mass is 35.5. The van der Waals surface area contributed by atoms with E-state index in [1.54, 1.807) is 25.4 Å². The zero-order valence-corrected chi connectivity index (χ0v) is 16.6. The molecule has 0 aliphatic heterocycles. The number of halogens is 1. The molecule has 0 unspecified atom stereocenters. The van der Waals surface area contributed by atoms with Crippen molar-refractivity contribution >= 4 is 27.3 Å². The van der Waals surface area contributed by atoms with Crippen LogP contribution in [-0.4, -0.2) is 44.8 Å². The summed E-state index contributed by atoms with van der Waals surface area (Å²) >= 11 is 6.01. The number of carbonyl (C=O) groups is 1. The number of benzene rings is 1. The summed E-state index contributed by atoms with van der Waals surface area (Å²) in [7, 11) is -3.50. The monoisotopic (exact) mass is 420 g/mol. The molecule has 0 saturated carbocycles. The Morgan fingerprint density at radius 1 is 1.21 bits per heavy atom. The van der Waals surface area contributed by atoms with Crippen LogP contribution in [0.25, 0.3) is 5.95 Å². The van der Waals surface area contributed by atoms with Gasteiger partial charge in [-0.1, -0.05) is 18.5 Å². The molecule has 1 atom stereocenters. The van der Waals surface area contributed by atoms with Gasteiger partial charge in [0.2, 0.25) is 0 Å². The smallest absolute Gasteiger partial charge is 0.252 e. The van der Waals surface area contributed by atoms with E-state index in [1.165, 1.54) is 36.1 Å². The minimum absolute atomic E-state index is 0.00107. The van der Waals surface area contributed by atoms with E-state index < -0.39 is 21.8 Å². The van der Waals surface area contributed by atoms with E-state index in [0.717, 1.165) is 0 Å². The van der Waals surface area contributed by atoms with Crippen molar-refractivity contribution in [1.82, 2.24) is 30.0 Å². The van der Waals surface area contributed by atoms with Crippen LogP contribution in [0.15, 0.2) is 47.9 Å². The molecule has 28 heavy (non-hydrogen) atoms. The van der Waals surface area contributed by atoms with Gasteiger partial charge >= 0.3 is 0 Å². The first-order chi connectivity index (χ1) is 13.3. The Morgan fingerprint density at radius 3 is 2.61 bits per heavy atom. The summed E-state index contributed by atoms with van der Waals surface area (Å²) in [4.78, 5) is 25.1. The average Bonchev–Trinajstić information content (AvgIpc) is 3.18. The molecule has 146 valence electrons. The van der Waals surface area contributed by atoms with E-state index in [-0.39, 0.29) is 21.2 Å². The number of nitrogens with zero attached hydrogens (tertiary/aromatic N) is 5. The maximum absolute atomic E-state index is 12.7. The fraction of sp³-hybridized carbons (Fsp3) is 0.235. The molecule has 1 amide bonds. The molecule has 0 aliphatic rings. The Kier molecular flexibility index (Phi) is 5.71. The van der Waals surface area contributed by atoms with Crippen molar-refractivity contribution in [1.29, 1.82) is 0 Å². The Balaban J connectivity index is 1.86. The van der Waals surface area contributed by atoms with E-state index >= 15 is 0 Å². The van der Waals surface area contributed by atoms with E-state index in [1.807, 2.05) is 0 Å². The summed E-state index contributed by atoms with van der Waals surface area (Å²) in [5, 5.41) is 7.01. The maximum Gasteiger partial charge on any atom is 0.252 e. The molecule has 1 aromatic carbocycles. The van der Waals surface area contributed by atoms with Gasteiger partial charge in [0.1, 0.15) is 6.33 Å².